The van der Waals surface area contributed by atoms with Crippen molar-refractivity contribution < 1.29 is 9.53 Å². The minimum absolute atomic E-state index is 0.216. The molecule has 0 saturated carbocycles. The van der Waals surface area contributed by atoms with Gasteiger partial charge in [-0.25, -0.2) is 4.79 Å². The maximum absolute atomic E-state index is 12.2. The monoisotopic (exact) mass is 261 g/mol. The van der Waals surface area contributed by atoms with E-state index in [4.69, 9.17) is 4.74 Å². The summed E-state index contributed by atoms with van der Waals surface area (Å²) in [6, 6.07) is 7.56. The van der Waals surface area contributed by atoms with Crippen molar-refractivity contribution in [2.75, 3.05) is 13.1 Å². The number of benzene rings is 1. The van der Waals surface area contributed by atoms with Gasteiger partial charge in [0.25, 0.3) is 0 Å². The summed E-state index contributed by atoms with van der Waals surface area (Å²) in [6.45, 7) is 8.05. The molecule has 3 nitrogen and oxygen atoms in total. The molecule has 1 fully saturated rings. The van der Waals surface area contributed by atoms with Crippen molar-refractivity contribution in [1.82, 2.24) is 5.32 Å². The first-order chi connectivity index (χ1) is 8.99. The third-order valence-corrected chi connectivity index (χ3v) is 3.93. The topological polar surface area (TPSA) is 38.3 Å². The van der Waals surface area contributed by atoms with Gasteiger partial charge in [0.2, 0.25) is 0 Å². The van der Waals surface area contributed by atoms with Crippen LogP contribution in [0.3, 0.4) is 0 Å². The number of carbonyl (C=O) groups is 1. The number of piperidine rings is 1. The zero-order valence-electron chi connectivity index (χ0n) is 12.0. The lowest BCUT2D eigenvalue weighted by molar-refractivity contribution is -0.0368. The Morgan fingerprint density at radius 3 is 2.63 bits per heavy atom. The summed E-state index contributed by atoms with van der Waals surface area (Å²) in [5.74, 6) is 0.217. The number of hydrogen-bond donors (Lipinski definition) is 1. The number of ether oxygens (including phenoxy) is 1. The average molecular weight is 261 g/mol. The number of esters is 1. The highest BCUT2D eigenvalue weighted by Gasteiger charge is 2.34. The van der Waals surface area contributed by atoms with E-state index in [1.165, 1.54) is 0 Å². The molecule has 1 heterocycles. The molecule has 0 spiro atoms. The molecule has 104 valence electrons. The molecule has 0 unspecified atom stereocenters. The van der Waals surface area contributed by atoms with Crippen LogP contribution in [0.4, 0.5) is 0 Å². The van der Waals surface area contributed by atoms with Crippen LogP contribution in [0.5, 0.6) is 0 Å². The standard InChI is InChI=1S/C16H23NO2/c1-12-5-4-6-13(11-12)15(18)19-16(2,3)14-7-9-17-10-8-14/h4-6,11,14,17H,7-10H2,1-3H3. The van der Waals surface area contributed by atoms with Gasteiger partial charge in [0.15, 0.2) is 0 Å². The van der Waals surface area contributed by atoms with Crippen LogP contribution in [0.25, 0.3) is 0 Å². The number of nitrogens with one attached hydrogen (secondary N) is 1. The van der Waals surface area contributed by atoms with Gasteiger partial charge in [0, 0.05) is 5.92 Å². The van der Waals surface area contributed by atoms with E-state index in [-0.39, 0.29) is 5.97 Å². The number of rotatable bonds is 3. The van der Waals surface area contributed by atoms with Crippen molar-refractivity contribution in [3.8, 4) is 0 Å². The van der Waals surface area contributed by atoms with Gasteiger partial charge in [0.05, 0.1) is 5.56 Å². The molecule has 1 N–H and O–H groups in total. The van der Waals surface area contributed by atoms with Gasteiger partial charge in [-0.2, -0.15) is 0 Å². The Morgan fingerprint density at radius 1 is 1.32 bits per heavy atom. The molecule has 0 aliphatic carbocycles. The summed E-state index contributed by atoms with van der Waals surface area (Å²) in [7, 11) is 0. The van der Waals surface area contributed by atoms with Gasteiger partial charge in [-0.05, 0) is 58.8 Å². The zero-order valence-corrected chi connectivity index (χ0v) is 12.0. The van der Waals surface area contributed by atoms with Gasteiger partial charge in [0.1, 0.15) is 5.60 Å². The number of hydrogen-bond acceptors (Lipinski definition) is 3. The lowest BCUT2D eigenvalue weighted by atomic mass is 9.83. The molecular weight excluding hydrogens is 238 g/mol. The number of carbonyl (C=O) groups excluding carboxylic acids is 1. The molecular formula is C16H23NO2. The predicted molar refractivity (Wildman–Crippen MR) is 76.3 cm³/mol. The smallest absolute Gasteiger partial charge is 0.338 e. The van der Waals surface area contributed by atoms with Gasteiger partial charge in [-0.15, -0.1) is 0 Å². The molecule has 1 saturated heterocycles. The van der Waals surface area contributed by atoms with Crippen LogP contribution in [0.15, 0.2) is 24.3 Å². The van der Waals surface area contributed by atoms with Crippen molar-refractivity contribution in [3.05, 3.63) is 35.4 Å². The summed E-state index contributed by atoms with van der Waals surface area (Å²) < 4.78 is 5.75. The Balaban J connectivity index is 2.04. The fourth-order valence-electron chi connectivity index (χ4n) is 2.67. The van der Waals surface area contributed by atoms with Crippen LogP contribution in [0.2, 0.25) is 0 Å². The zero-order chi connectivity index (χ0) is 13.9. The summed E-state index contributed by atoms with van der Waals surface area (Å²) in [5, 5.41) is 3.34. The van der Waals surface area contributed by atoms with Crippen LogP contribution in [0, 0.1) is 12.8 Å². The Labute approximate surface area is 115 Å². The summed E-state index contributed by atoms with van der Waals surface area (Å²) in [4.78, 5) is 12.2. The van der Waals surface area contributed by atoms with E-state index in [1.807, 2.05) is 45.0 Å². The van der Waals surface area contributed by atoms with Crippen molar-refractivity contribution in [2.45, 2.75) is 39.2 Å². The minimum Gasteiger partial charge on any atom is -0.456 e. The largest absolute Gasteiger partial charge is 0.456 e. The van der Waals surface area contributed by atoms with E-state index in [1.54, 1.807) is 0 Å². The van der Waals surface area contributed by atoms with E-state index >= 15 is 0 Å². The fraction of sp³-hybridized carbons (Fsp3) is 0.562. The maximum Gasteiger partial charge on any atom is 0.338 e. The SMILES string of the molecule is Cc1cccc(C(=O)OC(C)(C)C2CCNCC2)c1. The molecule has 2 rings (SSSR count). The Bertz CT molecular complexity index is 448. The highest BCUT2D eigenvalue weighted by Crippen LogP contribution is 2.29. The molecule has 1 aliphatic rings. The first-order valence-electron chi connectivity index (χ1n) is 7.00. The van der Waals surface area contributed by atoms with Crippen LogP contribution in [-0.2, 0) is 4.74 Å². The van der Waals surface area contributed by atoms with E-state index in [9.17, 15) is 4.79 Å². The molecule has 0 bridgehead atoms. The highest BCUT2D eigenvalue weighted by atomic mass is 16.6. The second-order valence-corrected chi connectivity index (χ2v) is 5.89. The quantitative estimate of drug-likeness (QED) is 0.850. The number of aryl methyl sites for hydroxylation is 1. The third kappa shape index (κ3) is 3.57. The molecule has 0 aromatic heterocycles. The van der Waals surface area contributed by atoms with E-state index in [2.05, 4.69) is 5.32 Å². The summed E-state index contributed by atoms with van der Waals surface area (Å²) in [5.41, 5.74) is 1.32. The Kier molecular flexibility index (Phi) is 4.25. The summed E-state index contributed by atoms with van der Waals surface area (Å²) >= 11 is 0. The molecule has 0 atom stereocenters. The van der Waals surface area contributed by atoms with Gasteiger partial charge >= 0.3 is 5.97 Å². The average Bonchev–Trinajstić information content (AvgIpc) is 2.39. The fourth-order valence-corrected chi connectivity index (χ4v) is 2.67. The second kappa shape index (κ2) is 5.74. The third-order valence-electron chi connectivity index (χ3n) is 3.93. The Hall–Kier alpha value is -1.35. The van der Waals surface area contributed by atoms with Crippen molar-refractivity contribution >= 4 is 5.97 Å². The van der Waals surface area contributed by atoms with E-state index in [0.717, 1.165) is 31.5 Å². The van der Waals surface area contributed by atoms with Gasteiger partial charge < -0.3 is 10.1 Å². The first kappa shape index (κ1) is 14.1. The lowest BCUT2D eigenvalue weighted by Gasteiger charge is -2.36. The van der Waals surface area contributed by atoms with Gasteiger partial charge in [-0.1, -0.05) is 17.7 Å². The van der Waals surface area contributed by atoms with Gasteiger partial charge in [-0.3, -0.25) is 0 Å². The Morgan fingerprint density at radius 2 is 2.00 bits per heavy atom. The predicted octanol–water partition coefficient (Wildman–Crippen LogP) is 2.93. The molecule has 19 heavy (non-hydrogen) atoms. The van der Waals surface area contributed by atoms with Crippen LogP contribution in [-0.4, -0.2) is 24.7 Å². The van der Waals surface area contributed by atoms with Crippen LogP contribution in [0.1, 0.15) is 42.6 Å². The van der Waals surface area contributed by atoms with E-state index in [0.29, 0.717) is 11.5 Å². The van der Waals surface area contributed by atoms with Crippen molar-refractivity contribution in [1.29, 1.82) is 0 Å². The minimum atomic E-state index is -0.400. The first-order valence-corrected chi connectivity index (χ1v) is 7.00. The second-order valence-electron chi connectivity index (χ2n) is 5.89. The highest BCUT2D eigenvalue weighted by molar-refractivity contribution is 5.89. The molecule has 3 heteroatoms. The van der Waals surface area contributed by atoms with Crippen LogP contribution < -0.4 is 5.32 Å². The molecule has 1 aromatic rings. The van der Waals surface area contributed by atoms with Crippen LogP contribution >= 0.6 is 0 Å². The van der Waals surface area contributed by atoms with Crippen molar-refractivity contribution in [2.24, 2.45) is 5.92 Å². The summed E-state index contributed by atoms with van der Waals surface area (Å²) in [6.07, 6.45) is 2.13. The van der Waals surface area contributed by atoms with E-state index < -0.39 is 5.60 Å². The normalized spacial score (nSPS) is 17.2. The lowest BCUT2D eigenvalue weighted by Crippen LogP contribution is -2.42. The molecule has 1 aliphatic heterocycles. The molecule has 0 amide bonds. The van der Waals surface area contributed by atoms with Crippen molar-refractivity contribution in [3.63, 3.8) is 0 Å². The molecule has 1 aromatic carbocycles. The maximum atomic E-state index is 12.2. The molecule has 0 radical (unpaired) electrons.